The van der Waals surface area contributed by atoms with E-state index >= 15 is 0 Å². The molecule has 2 rings (SSSR count). The first kappa shape index (κ1) is 14.4. The first-order valence-electron chi connectivity index (χ1n) is 7.49. The van der Waals surface area contributed by atoms with Gasteiger partial charge in [0.25, 0.3) is 0 Å². The molecule has 0 heterocycles. The number of rotatable bonds is 3. The van der Waals surface area contributed by atoms with E-state index in [9.17, 15) is 5.11 Å². The van der Waals surface area contributed by atoms with Crippen LogP contribution in [0.15, 0.2) is 12.1 Å². The quantitative estimate of drug-likeness (QED) is 0.897. The number of hydrogen-bond donors (Lipinski definition) is 1. The maximum Gasteiger partial charge on any atom is 0.121 e. The van der Waals surface area contributed by atoms with Crippen molar-refractivity contribution in [1.29, 1.82) is 0 Å². The zero-order valence-electron chi connectivity index (χ0n) is 12.9. The SMILES string of the molecule is Cc1ccc2c(c1O)CCC(N(C(C)C)C(C)C)C2. The highest BCUT2D eigenvalue weighted by Crippen LogP contribution is 2.34. The normalized spacial score (nSPS) is 19.3. The topological polar surface area (TPSA) is 23.5 Å². The van der Waals surface area contributed by atoms with Crippen molar-refractivity contribution in [3.63, 3.8) is 0 Å². The Bertz CT molecular complexity index is 443. The van der Waals surface area contributed by atoms with E-state index in [4.69, 9.17) is 0 Å². The number of hydrogen-bond acceptors (Lipinski definition) is 2. The highest BCUT2D eigenvalue weighted by atomic mass is 16.3. The standard InChI is InChI=1S/C17H27NO/c1-11(2)18(12(3)4)15-8-9-16-14(10-15)7-6-13(5)17(16)19/h6-7,11-12,15,19H,8-10H2,1-5H3. The van der Waals surface area contributed by atoms with Crippen LogP contribution in [-0.2, 0) is 12.8 Å². The van der Waals surface area contributed by atoms with Crippen molar-refractivity contribution < 1.29 is 5.11 Å². The predicted molar refractivity (Wildman–Crippen MR) is 80.8 cm³/mol. The van der Waals surface area contributed by atoms with Crippen LogP contribution in [0.4, 0.5) is 0 Å². The second kappa shape index (κ2) is 5.54. The molecule has 1 aromatic carbocycles. The molecule has 0 amide bonds. The molecule has 0 aromatic heterocycles. The molecular weight excluding hydrogens is 234 g/mol. The molecule has 0 aliphatic heterocycles. The molecule has 19 heavy (non-hydrogen) atoms. The number of phenols is 1. The van der Waals surface area contributed by atoms with E-state index in [1.807, 2.05) is 13.0 Å². The van der Waals surface area contributed by atoms with Crippen LogP contribution < -0.4 is 0 Å². The first-order valence-corrected chi connectivity index (χ1v) is 7.49. The van der Waals surface area contributed by atoms with Crippen LogP contribution in [0, 0.1) is 6.92 Å². The molecule has 1 aromatic rings. The monoisotopic (exact) mass is 261 g/mol. The lowest BCUT2D eigenvalue weighted by atomic mass is 9.85. The second-order valence-corrected chi connectivity index (χ2v) is 6.40. The molecule has 2 nitrogen and oxygen atoms in total. The van der Waals surface area contributed by atoms with E-state index < -0.39 is 0 Å². The van der Waals surface area contributed by atoms with E-state index in [0.717, 1.165) is 24.8 Å². The van der Waals surface area contributed by atoms with Crippen LogP contribution >= 0.6 is 0 Å². The first-order chi connectivity index (χ1) is 8.91. The Kier molecular flexibility index (Phi) is 4.19. The zero-order chi connectivity index (χ0) is 14.2. The highest BCUT2D eigenvalue weighted by molar-refractivity contribution is 5.46. The van der Waals surface area contributed by atoms with Gasteiger partial charge in [0.2, 0.25) is 0 Å². The van der Waals surface area contributed by atoms with E-state index in [-0.39, 0.29) is 0 Å². The molecule has 1 N–H and O–H groups in total. The van der Waals surface area contributed by atoms with Crippen LogP contribution in [0.5, 0.6) is 5.75 Å². The van der Waals surface area contributed by atoms with Gasteiger partial charge in [0.1, 0.15) is 5.75 Å². The number of benzene rings is 1. The second-order valence-electron chi connectivity index (χ2n) is 6.40. The molecule has 0 saturated carbocycles. The third-order valence-electron chi connectivity index (χ3n) is 4.38. The van der Waals surface area contributed by atoms with E-state index in [2.05, 4.69) is 38.7 Å². The number of fused-ring (bicyclic) bond motifs is 1. The molecule has 1 aliphatic rings. The fraction of sp³-hybridized carbons (Fsp3) is 0.647. The molecular formula is C17H27NO. The highest BCUT2D eigenvalue weighted by Gasteiger charge is 2.28. The van der Waals surface area contributed by atoms with Crippen LogP contribution in [0.3, 0.4) is 0 Å². The summed E-state index contributed by atoms with van der Waals surface area (Å²) in [5.74, 6) is 0.525. The summed E-state index contributed by atoms with van der Waals surface area (Å²) < 4.78 is 0. The van der Waals surface area contributed by atoms with Gasteiger partial charge in [-0.1, -0.05) is 12.1 Å². The number of aromatic hydroxyl groups is 1. The Labute approximate surface area is 117 Å². The molecule has 0 radical (unpaired) electrons. The molecule has 1 aliphatic carbocycles. The Hall–Kier alpha value is -1.02. The zero-order valence-corrected chi connectivity index (χ0v) is 12.9. The minimum atomic E-state index is 0.525. The summed E-state index contributed by atoms with van der Waals surface area (Å²) in [5.41, 5.74) is 3.52. The van der Waals surface area contributed by atoms with Crippen molar-refractivity contribution in [2.75, 3.05) is 0 Å². The van der Waals surface area contributed by atoms with Crippen molar-refractivity contribution in [3.05, 3.63) is 28.8 Å². The molecule has 0 saturated heterocycles. The van der Waals surface area contributed by atoms with Gasteiger partial charge in [-0.2, -0.15) is 0 Å². The maximum absolute atomic E-state index is 10.2. The third-order valence-corrected chi connectivity index (χ3v) is 4.38. The Balaban J connectivity index is 2.25. The minimum absolute atomic E-state index is 0.525. The van der Waals surface area contributed by atoms with Gasteiger partial charge >= 0.3 is 0 Å². The Morgan fingerprint density at radius 1 is 1.16 bits per heavy atom. The number of phenolic OH excluding ortho intramolecular Hbond substituents is 1. The lowest BCUT2D eigenvalue weighted by Crippen LogP contribution is -2.47. The molecule has 2 heteroatoms. The maximum atomic E-state index is 10.2. The van der Waals surface area contributed by atoms with Gasteiger partial charge in [-0.3, -0.25) is 4.90 Å². The van der Waals surface area contributed by atoms with Gasteiger partial charge < -0.3 is 5.11 Å². The van der Waals surface area contributed by atoms with Crippen molar-refractivity contribution in [2.24, 2.45) is 0 Å². The molecule has 1 unspecified atom stereocenters. The average Bonchev–Trinajstić information content (AvgIpc) is 2.33. The summed E-state index contributed by atoms with van der Waals surface area (Å²) in [6, 6.07) is 6.01. The van der Waals surface area contributed by atoms with Crippen molar-refractivity contribution in [2.45, 2.75) is 72.0 Å². The van der Waals surface area contributed by atoms with Crippen molar-refractivity contribution >= 4 is 0 Å². The van der Waals surface area contributed by atoms with Gasteiger partial charge in [0, 0.05) is 18.1 Å². The van der Waals surface area contributed by atoms with Crippen molar-refractivity contribution in [1.82, 2.24) is 4.90 Å². The number of aryl methyl sites for hydroxylation is 1. The predicted octanol–water partition coefficient (Wildman–Crippen LogP) is 3.68. The summed E-state index contributed by atoms with van der Waals surface area (Å²) in [6.45, 7) is 11.1. The summed E-state index contributed by atoms with van der Waals surface area (Å²) in [7, 11) is 0. The molecule has 0 spiro atoms. The van der Waals surface area contributed by atoms with Crippen LogP contribution in [0.2, 0.25) is 0 Å². The fourth-order valence-corrected chi connectivity index (χ4v) is 3.63. The number of nitrogens with zero attached hydrogens (tertiary/aromatic N) is 1. The summed E-state index contributed by atoms with van der Waals surface area (Å²) in [6.07, 6.45) is 3.23. The largest absolute Gasteiger partial charge is 0.507 e. The Morgan fingerprint density at radius 2 is 1.79 bits per heavy atom. The van der Waals surface area contributed by atoms with Gasteiger partial charge in [0.15, 0.2) is 0 Å². The van der Waals surface area contributed by atoms with Crippen LogP contribution in [0.25, 0.3) is 0 Å². The lowest BCUT2D eigenvalue weighted by molar-refractivity contribution is 0.102. The van der Waals surface area contributed by atoms with Crippen LogP contribution in [-0.4, -0.2) is 28.1 Å². The van der Waals surface area contributed by atoms with E-state index in [1.54, 1.807) is 0 Å². The van der Waals surface area contributed by atoms with Gasteiger partial charge in [0.05, 0.1) is 0 Å². The average molecular weight is 261 g/mol. The van der Waals surface area contributed by atoms with E-state index in [1.165, 1.54) is 11.1 Å². The smallest absolute Gasteiger partial charge is 0.121 e. The van der Waals surface area contributed by atoms with E-state index in [0.29, 0.717) is 23.9 Å². The molecule has 0 bridgehead atoms. The minimum Gasteiger partial charge on any atom is -0.507 e. The molecule has 0 fully saturated rings. The van der Waals surface area contributed by atoms with Gasteiger partial charge in [-0.15, -0.1) is 0 Å². The lowest BCUT2D eigenvalue weighted by Gasteiger charge is -2.41. The Morgan fingerprint density at radius 3 is 2.37 bits per heavy atom. The van der Waals surface area contributed by atoms with Gasteiger partial charge in [-0.05, 0) is 70.6 Å². The van der Waals surface area contributed by atoms with Crippen LogP contribution in [0.1, 0.15) is 50.8 Å². The van der Waals surface area contributed by atoms with Crippen molar-refractivity contribution in [3.8, 4) is 5.75 Å². The van der Waals surface area contributed by atoms with Gasteiger partial charge in [-0.25, -0.2) is 0 Å². The summed E-state index contributed by atoms with van der Waals surface area (Å²) in [5, 5.41) is 10.2. The molecule has 106 valence electrons. The molecule has 1 atom stereocenters. The summed E-state index contributed by atoms with van der Waals surface area (Å²) in [4.78, 5) is 2.61. The summed E-state index contributed by atoms with van der Waals surface area (Å²) >= 11 is 0. The third kappa shape index (κ3) is 2.79. The fourth-order valence-electron chi connectivity index (χ4n) is 3.63.